The molecule has 1 N–H and O–H groups in total. The maximum atomic E-state index is 9.60. The molecule has 0 amide bonds. The lowest BCUT2D eigenvalue weighted by Crippen LogP contribution is -2.20. The fourth-order valence-electron chi connectivity index (χ4n) is 1.72. The van der Waals surface area contributed by atoms with Gasteiger partial charge in [-0.1, -0.05) is 19.9 Å². The molecular weight excluding hydrogens is 162 g/mol. The second-order valence-electron chi connectivity index (χ2n) is 3.77. The van der Waals surface area contributed by atoms with Gasteiger partial charge in [-0.15, -0.1) is 0 Å². The molecule has 2 heteroatoms. The highest BCUT2D eigenvalue weighted by Gasteiger charge is 2.21. The lowest BCUT2D eigenvalue weighted by molar-refractivity contribution is 0.138. The molecule has 0 aliphatic heterocycles. The minimum Gasteiger partial charge on any atom is -0.393 e. The van der Waals surface area contributed by atoms with Crippen LogP contribution in [0.1, 0.15) is 32.4 Å². The molecule has 72 valence electrons. The summed E-state index contributed by atoms with van der Waals surface area (Å²) in [6.07, 6.45) is 1.43. The first-order valence-corrected chi connectivity index (χ1v) is 4.72. The van der Waals surface area contributed by atoms with Gasteiger partial charge in [0.2, 0.25) is 0 Å². The van der Waals surface area contributed by atoms with Crippen LogP contribution in [0.4, 0.5) is 0 Å². The van der Waals surface area contributed by atoms with E-state index < -0.39 is 0 Å². The Morgan fingerprint density at radius 1 is 1.23 bits per heavy atom. The highest BCUT2D eigenvalue weighted by molar-refractivity contribution is 5.11. The van der Waals surface area contributed by atoms with Gasteiger partial charge in [-0.25, -0.2) is 0 Å². The van der Waals surface area contributed by atoms with E-state index in [1.54, 1.807) is 6.20 Å². The maximum Gasteiger partial charge on any atom is 0.0598 e. The summed E-state index contributed by atoms with van der Waals surface area (Å²) >= 11 is 0. The van der Waals surface area contributed by atoms with Crippen molar-refractivity contribution in [3.05, 3.63) is 30.1 Å². The number of rotatable bonds is 3. The van der Waals surface area contributed by atoms with Crippen LogP contribution in [0.3, 0.4) is 0 Å². The fraction of sp³-hybridized carbons (Fsp3) is 0.545. The van der Waals surface area contributed by atoms with E-state index in [-0.39, 0.29) is 12.0 Å². The van der Waals surface area contributed by atoms with Gasteiger partial charge in [-0.05, 0) is 25.0 Å². The Balaban J connectivity index is 2.89. The molecule has 0 fully saturated rings. The SMILES string of the molecule is CC(C)C(c1ccccn1)C(C)O. The Morgan fingerprint density at radius 3 is 2.31 bits per heavy atom. The first-order valence-electron chi connectivity index (χ1n) is 4.72. The van der Waals surface area contributed by atoms with Crippen molar-refractivity contribution in [1.29, 1.82) is 0 Å². The van der Waals surface area contributed by atoms with Crippen LogP contribution in [0.5, 0.6) is 0 Å². The predicted octanol–water partition coefficient (Wildman–Crippen LogP) is 2.20. The number of aliphatic hydroxyl groups excluding tert-OH is 1. The number of hydrogen-bond donors (Lipinski definition) is 1. The third kappa shape index (κ3) is 2.52. The van der Waals surface area contributed by atoms with Crippen LogP contribution in [0.15, 0.2) is 24.4 Å². The van der Waals surface area contributed by atoms with Gasteiger partial charge in [-0.2, -0.15) is 0 Å². The smallest absolute Gasteiger partial charge is 0.0598 e. The van der Waals surface area contributed by atoms with Gasteiger partial charge >= 0.3 is 0 Å². The largest absolute Gasteiger partial charge is 0.393 e. The molecule has 0 aliphatic rings. The van der Waals surface area contributed by atoms with E-state index in [1.807, 2.05) is 25.1 Å². The van der Waals surface area contributed by atoms with Crippen molar-refractivity contribution in [2.45, 2.75) is 32.8 Å². The monoisotopic (exact) mass is 179 g/mol. The van der Waals surface area contributed by atoms with Crippen molar-refractivity contribution >= 4 is 0 Å². The molecule has 0 saturated heterocycles. The quantitative estimate of drug-likeness (QED) is 0.771. The Kier molecular flexibility index (Phi) is 3.43. The number of aromatic nitrogens is 1. The van der Waals surface area contributed by atoms with E-state index >= 15 is 0 Å². The highest BCUT2D eigenvalue weighted by atomic mass is 16.3. The van der Waals surface area contributed by atoms with Crippen molar-refractivity contribution in [3.8, 4) is 0 Å². The van der Waals surface area contributed by atoms with Crippen molar-refractivity contribution < 1.29 is 5.11 Å². The van der Waals surface area contributed by atoms with Crippen LogP contribution >= 0.6 is 0 Å². The van der Waals surface area contributed by atoms with Crippen LogP contribution in [-0.4, -0.2) is 16.2 Å². The van der Waals surface area contributed by atoms with Gasteiger partial charge in [0.1, 0.15) is 0 Å². The van der Waals surface area contributed by atoms with E-state index in [0.29, 0.717) is 5.92 Å². The normalized spacial score (nSPS) is 15.8. The molecule has 1 rings (SSSR count). The summed E-state index contributed by atoms with van der Waals surface area (Å²) in [5, 5.41) is 9.60. The fourth-order valence-corrected chi connectivity index (χ4v) is 1.72. The number of pyridine rings is 1. The molecule has 1 aromatic heterocycles. The average Bonchev–Trinajstić information content (AvgIpc) is 2.04. The van der Waals surface area contributed by atoms with Gasteiger partial charge in [0.15, 0.2) is 0 Å². The molecule has 0 radical (unpaired) electrons. The van der Waals surface area contributed by atoms with Crippen molar-refractivity contribution in [3.63, 3.8) is 0 Å². The van der Waals surface area contributed by atoms with Crippen molar-refractivity contribution in [1.82, 2.24) is 4.98 Å². The predicted molar refractivity (Wildman–Crippen MR) is 53.5 cm³/mol. The number of aliphatic hydroxyl groups is 1. The number of nitrogens with zero attached hydrogens (tertiary/aromatic N) is 1. The summed E-state index contributed by atoms with van der Waals surface area (Å²) in [7, 11) is 0. The van der Waals surface area contributed by atoms with E-state index in [2.05, 4.69) is 18.8 Å². The summed E-state index contributed by atoms with van der Waals surface area (Å²) in [6.45, 7) is 6.03. The maximum absolute atomic E-state index is 9.60. The second kappa shape index (κ2) is 4.38. The average molecular weight is 179 g/mol. The summed E-state index contributed by atoms with van der Waals surface area (Å²) in [5.41, 5.74) is 0.979. The van der Waals surface area contributed by atoms with E-state index in [9.17, 15) is 5.11 Å². The number of hydrogen-bond acceptors (Lipinski definition) is 2. The summed E-state index contributed by atoms with van der Waals surface area (Å²) < 4.78 is 0. The first kappa shape index (κ1) is 10.2. The molecule has 0 aromatic carbocycles. The Labute approximate surface area is 79.6 Å². The molecular formula is C11H17NO. The minimum atomic E-state index is -0.338. The first-order chi connectivity index (χ1) is 6.13. The molecule has 0 saturated carbocycles. The molecule has 1 aromatic rings. The van der Waals surface area contributed by atoms with Gasteiger partial charge in [0.25, 0.3) is 0 Å². The van der Waals surface area contributed by atoms with Crippen LogP contribution in [0, 0.1) is 5.92 Å². The zero-order valence-electron chi connectivity index (χ0n) is 8.44. The molecule has 2 nitrogen and oxygen atoms in total. The Bertz CT molecular complexity index is 236. The lowest BCUT2D eigenvalue weighted by Gasteiger charge is -2.22. The third-order valence-electron chi connectivity index (χ3n) is 2.27. The molecule has 0 spiro atoms. The van der Waals surface area contributed by atoms with Crippen LogP contribution in [-0.2, 0) is 0 Å². The zero-order valence-corrected chi connectivity index (χ0v) is 8.44. The molecule has 0 aliphatic carbocycles. The molecule has 1 heterocycles. The zero-order chi connectivity index (χ0) is 9.84. The van der Waals surface area contributed by atoms with Gasteiger partial charge in [0.05, 0.1) is 6.10 Å². The molecule has 13 heavy (non-hydrogen) atoms. The van der Waals surface area contributed by atoms with Gasteiger partial charge in [0, 0.05) is 17.8 Å². The van der Waals surface area contributed by atoms with Crippen LogP contribution in [0.2, 0.25) is 0 Å². The lowest BCUT2D eigenvalue weighted by atomic mass is 9.88. The highest BCUT2D eigenvalue weighted by Crippen LogP contribution is 2.25. The molecule has 2 atom stereocenters. The van der Waals surface area contributed by atoms with Gasteiger partial charge < -0.3 is 5.11 Å². The van der Waals surface area contributed by atoms with Crippen LogP contribution in [0.25, 0.3) is 0 Å². The summed E-state index contributed by atoms with van der Waals surface area (Å²) in [5.74, 6) is 0.552. The Hall–Kier alpha value is -0.890. The van der Waals surface area contributed by atoms with Gasteiger partial charge in [-0.3, -0.25) is 4.98 Å². The summed E-state index contributed by atoms with van der Waals surface area (Å²) in [6, 6.07) is 5.82. The van der Waals surface area contributed by atoms with Crippen molar-refractivity contribution in [2.24, 2.45) is 5.92 Å². The van der Waals surface area contributed by atoms with Crippen molar-refractivity contribution in [2.75, 3.05) is 0 Å². The third-order valence-corrected chi connectivity index (χ3v) is 2.27. The minimum absolute atomic E-state index is 0.140. The summed E-state index contributed by atoms with van der Waals surface area (Å²) in [4.78, 5) is 4.26. The topological polar surface area (TPSA) is 33.1 Å². The molecule has 2 unspecified atom stereocenters. The van der Waals surface area contributed by atoms with E-state index in [0.717, 1.165) is 5.69 Å². The Morgan fingerprint density at radius 2 is 1.92 bits per heavy atom. The second-order valence-corrected chi connectivity index (χ2v) is 3.77. The van der Waals surface area contributed by atoms with E-state index in [1.165, 1.54) is 0 Å². The van der Waals surface area contributed by atoms with Crippen LogP contribution < -0.4 is 0 Å². The standard InChI is InChI=1S/C11H17NO/c1-8(2)11(9(3)13)10-6-4-5-7-12-10/h4-9,11,13H,1-3H3. The van der Waals surface area contributed by atoms with E-state index in [4.69, 9.17) is 0 Å². The molecule has 0 bridgehead atoms.